The Morgan fingerprint density at radius 1 is 0.644 bits per heavy atom. The first-order valence-electron chi connectivity index (χ1n) is 30.6. The Labute approximate surface area is 603 Å². The Kier molecular flexibility index (Phi) is 36.7. The molecule has 0 heterocycles. The number of aryl methyl sites for hydroxylation is 1. The van der Waals surface area contributed by atoms with Gasteiger partial charge in [0.1, 0.15) is 20.3 Å². The van der Waals surface area contributed by atoms with Crippen LogP contribution in [0.5, 0.6) is 0 Å². The molecule has 0 bridgehead atoms. The third-order valence-corrected chi connectivity index (χ3v) is 19.2. The highest BCUT2D eigenvalue weighted by molar-refractivity contribution is 8.33. The van der Waals surface area contributed by atoms with Crippen molar-refractivity contribution in [2.45, 2.75) is 77.4 Å². The number of carbonyl (C=O) groups is 2. The lowest BCUT2D eigenvalue weighted by atomic mass is 9.99. The number of aliphatic hydroxyl groups excluding tert-OH is 1. The van der Waals surface area contributed by atoms with Gasteiger partial charge >= 0.3 is 0 Å². The summed E-state index contributed by atoms with van der Waals surface area (Å²) in [6, 6.07) is 47.1. The van der Waals surface area contributed by atoms with Gasteiger partial charge in [0.15, 0.2) is 9.84 Å². The van der Waals surface area contributed by atoms with E-state index >= 15 is 0 Å². The number of nitrogens with zero attached hydrogens (tertiary/aromatic N) is 6. The highest BCUT2D eigenvalue weighted by Crippen LogP contribution is 2.23. The van der Waals surface area contributed by atoms with E-state index in [0.717, 1.165) is 70.9 Å². The van der Waals surface area contributed by atoms with Gasteiger partial charge in [-0.1, -0.05) is 68.4 Å². The lowest BCUT2D eigenvalue weighted by molar-refractivity contribution is 0.0755. The summed E-state index contributed by atoms with van der Waals surface area (Å²) < 4.78 is 131. The predicted octanol–water partition coefficient (Wildman–Crippen LogP) is 9.21. The first-order chi connectivity index (χ1) is 46.9. The van der Waals surface area contributed by atoms with E-state index < -0.39 is 82.6 Å². The standard InChI is InChI=1S/C35H45F2N3O5S.C9H10N2O2S.C9H14N2OS2.C8H8N2O2S.C7H6N2.CH3ClO2S/c1-6-11-40(12-7-2)35(43)29-14-23(3)13-28(19-29)34(42)39-32(18-26-16-30(36)20-31(37)17-26)33(41)22-38-21-25-9-8-10-27(15-25)24(4)46(5,44)45;2*1-11(14(2,12)13)9-5-3-4-8(6-9)7-10;1-13(11,12)10-8-4-2-3-7(5-8)6-9;8-5-6-2-1-3-7(9)4-6;1-5(2,3)4/h8-10,13-17,19-20,24,32-33,38,41H,6-7,11-12,18,21-22H2,1-5H3,(H,39,42);3-6H,1-2H3;3-6H,7,10H2,1-2H3;2-5,10H,1H3;1-4H,9H2;1H3/t24?,32-,33+;;;;;/m0...../s1. The van der Waals surface area contributed by atoms with Crippen molar-refractivity contribution < 1.29 is 61.4 Å². The van der Waals surface area contributed by atoms with E-state index in [2.05, 4.69) is 26.0 Å². The highest BCUT2D eigenvalue weighted by atomic mass is 35.7. The molecule has 8 N–H and O–H groups in total. The molecule has 0 saturated carbocycles. The van der Waals surface area contributed by atoms with Gasteiger partial charge < -0.3 is 32.1 Å². The topological polar surface area (TPSA) is 377 Å². The normalized spacial score (nSPS) is 12.4. The maximum absolute atomic E-state index is 14.0. The molecule has 32 heteroatoms. The summed E-state index contributed by atoms with van der Waals surface area (Å²) in [5, 5.41) is 42.0. The Bertz CT molecular complexity index is 4620. The van der Waals surface area contributed by atoms with Crippen LogP contribution in [-0.4, -0.2) is 137 Å². The number of anilines is 4. The maximum atomic E-state index is 14.0. The summed E-state index contributed by atoms with van der Waals surface area (Å²) in [7, 11) is -7.67. The second kappa shape index (κ2) is 41.9. The molecule has 101 heavy (non-hydrogen) atoms. The van der Waals surface area contributed by atoms with Gasteiger partial charge in [0, 0.05) is 115 Å². The van der Waals surface area contributed by atoms with E-state index in [4.69, 9.17) is 38.4 Å². The molecule has 0 aliphatic heterocycles. The number of nitriles is 3. The summed E-state index contributed by atoms with van der Waals surface area (Å²) >= 11 is 4.89. The number of rotatable bonds is 23. The summed E-state index contributed by atoms with van der Waals surface area (Å²) in [5.74, 6) is -2.27. The summed E-state index contributed by atoms with van der Waals surface area (Å²) in [6.45, 7) is 9.36. The van der Waals surface area contributed by atoms with Gasteiger partial charge in [-0.05, 0) is 158 Å². The molecule has 2 amide bonds. The number of aliphatic hydroxyl groups is 1. The first kappa shape index (κ1) is 88.4. The van der Waals surface area contributed by atoms with Crippen LogP contribution in [0.1, 0.15) is 104 Å². The van der Waals surface area contributed by atoms with Gasteiger partial charge in [0.25, 0.3) is 11.8 Å². The van der Waals surface area contributed by atoms with Crippen LogP contribution in [0, 0.1) is 52.6 Å². The van der Waals surface area contributed by atoms with E-state index in [1.165, 1.54) is 37.8 Å². The second-order valence-corrected chi connectivity index (χ2v) is 35.9. The Morgan fingerprint density at radius 3 is 1.63 bits per heavy atom. The molecule has 7 rings (SSSR count). The van der Waals surface area contributed by atoms with Crippen LogP contribution in [0.15, 0.2) is 158 Å². The molecule has 0 spiro atoms. The minimum absolute atomic E-state index is 0.00908. The van der Waals surface area contributed by atoms with E-state index in [1.54, 1.807) is 121 Å². The number of hydrogen-bond acceptors (Lipinski definition) is 19. The van der Waals surface area contributed by atoms with E-state index in [-0.39, 0.29) is 30.0 Å². The predicted molar refractivity (Wildman–Crippen MR) is 401 cm³/mol. The van der Waals surface area contributed by atoms with Crippen LogP contribution in [-0.2, 0) is 78.3 Å². The molecule has 2 unspecified atom stereocenters. The number of halogens is 3. The molecule has 0 radical (unpaired) electrons. The maximum Gasteiger partial charge on any atom is 0.253 e. The molecule has 0 saturated heterocycles. The quantitative estimate of drug-likeness (QED) is 0.0256. The number of nitrogens with two attached hydrogens (primary N) is 2. The number of amides is 2. The fraction of sp³-hybridized carbons (Fsp3) is 0.319. The number of nitrogen functional groups attached to an aromatic ring is 1. The van der Waals surface area contributed by atoms with E-state index in [1.807, 2.05) is 62.4 Å². The number of sulfonamides is 2. The van der Waals surface area contributed by atoms with Crippen LogP contribution in [0.2, 0.25) is 0 Å². The molecule has 546 valence electrons. The smallest absolute Gasteiger partial charge is 0.253 e. The molecule has 4 atom stereocenters. The summed E-state index contributed by atoms with van der Waals surface area (Å²) in [6.07, 6.45) is 6.17. The largest absolute Gasteiger partial charge is 0.399 e. The van der Waals surface area contributed by atoms with Crippen molar-refractivity contribution in [3.05, 3.63) is 225 Å². The Hall–Kier alpha value is -8.65. The van der Waals surface area contributed by atoms with Crippen molar-refractivity contribution in [3.63, 3.8) is 0 Å². The SMILES string of the molecule is CCCN(CCC)C(=O)c1cc(C)cc(C(=O)N[C@@H](Cc2cc(F)cc(F)c2)[C@H](O)CNCc2cccc(C(C)S(C)(=O)=O)c2)c1.CN(c1cccc(C#N)c1)S(C)(=O)=O.CN(c1cccc(CN)c1)S(C)(=O)=S.CS(=O)(=O)Cl.CS(=O)(=O)Nc1cccc(C#N)c1.N#Cc1cccc(N)c1. The van der Waals surface area contributed by atoms with Crippen LogP contribution >= 0.6 is 10.7 Å². The summed E-state index contributed by atoms with van der Waals surface area (Å²) in [4.78, 5) is 28.6. The molecule has 0 aliphatic carbocycles. The number of nitrogens with one attached hydrogen (secondary N) is 3. The lowest BCUT2D eigenvalue weighted by Gasteiger charge is -2.25. The van der Waals surface area contributed by atoms with E-state index in [0.29, 0.717) is 76.6 Å². The zero-order valence-electron chi connectivity index (χ0n) is 57.8. The molecule has 7 aromatic rings. The van der Waals surface area contributed by atoms with E-state index in [9.17, 15) is 61.4 Å². The van der Waals surface area contributed by atoms with Gasteiger partial charge in [0.2, 0.25) is 29.1 Å². The fourth-order valence-corrected chi connectivity index (χ4v) is 11.3. The van der Waals surface area contributed by atoms with Crippen LogP contribution in [0.25, 0.3) is 0 Å². The van der Waals surface area contributed by atoms with Crippen molar-refractivity contribution >= 4 is 104 Å². The monoisotopic (exact) mass is 1530 g/mol. The van der Waals surface area contributed by atoms with Gasteiger partial charge in [-0.15, -0.1) is 0 Å². The molecule has 7 aromatic carbocycles. The molecular weight excluding hydrogens is 1440 g/mol. The van der Waals surface area contributed by atoms with Gasteiger partial charge in [0.05, 0.1) is 76.7 Å². The van der Waals surface area contributed by atoms with Crippen LogP contribution in [0.3, 0.4) is 0 Å². The number of hydrogen-bond donors (Lipinski definition) is 6. The van der Waals surface area contributed by atoms with Crippen molar-refractivity contribution in [3.8, 4) is 18.2 Å². The number of sulfone groups is 1. The Morgan fingerprint density at radius 2 is 1.14 bits per heavy atom. The van der Waals surface area contributed by atoms with Gasteiger partial charge in [-0.25, -0.2) is 46.7 Å². The average molecular weight is 1530 g/mol. The minimum atomic E-state index is -3.28. The van der Waals surface area contributed by atoms with Crippen molar-refractivity contribution in [1.82, 2.24) is 15.5 Å². The molecule has 0 aliphatic rings. The first-order valence-corrected chi connectivity index (χ1v) is 41.8. The molecule has 23 nitrogen and oxygen atoms in total. The number of carbonyl (C=O) groups excluding carboxylic acids is 2. The molecule has 0 aromatic heterocycles. The van der Waals surface area contributed by atoms with Gasteiger partial charge in [-0.3, -0.25) is 22.9 Å². The van der Waals surface area contributed by atoms with Crippen molar-refractivity contribution in [1.29, 1.82) is 15.8 Å². The second-order valence-electron chi connectivity index (χ2n) is 22.8. The highest BCUT2D eigenvalue weighted by Gasteiger charge is 2.25. The van der Waals surface area contributed by atoms with Crippen molar-refractivity contribution in [2.24, 2.45) is 5.73 Å². The van der Waals surface area contributed by atoms with Gasteiger partial charge in [-0.2, -0.15) is 15.8 Å². The van der Waals surface area contributed by atoms with Crippen molar-refractivity contribution in [2.75, 3.05) is 84.1 Å². The van der Waals surface area contributed by atoms with Crippen LogP contribution in [0.4, 0.5) is 31.5 Å². The third kappa shape index (κ3) is 35.0. The zero-order chi connectivity index (χ0) is 76.6. The molecule has 0 fully saturated rings. The number of benzene rings is 7. The fourth-order valence-electron chi connectivity index (χ4n) is 8.81. The average Bonchev–Trinajstić information content (AvgIpc) is 0.843. The molecular formula is C69H86ClF2N11O12S6. The Balaban J connectivity index is 0.000000504. The third-order valence-electron chi connectivity index (χ3n) is 13.9. The zero-order valence-corrected chi connectivity index (χ0v) is 63.4. The lowest BCUT2D eigenvalue weighted by Crippen LogP contribution is -2.48. The van der Waals surface area contributed by atoms with Crippen LogP contribution < -0.4 is 35.4 Å². The summed E-state index contributed by atoms with van der Waals surface area (Å²) in [5.41, 5.74) is 18.8. The minimum Gasteiger partial charge on any atom is -0.399 e.